The zero-order chi connectivity index (χ0) is 19.2. The second-order valence-corrected chi connectivity index (χ2v) is 6.58. The van der Waals surface area contributed by atoms with Crippen LogP contribution in [0.4, 0.5) is 0 Å². The molecule has 8 heteroatoms. The Morgan fingerprint density at radius 3 is 2.74 bits per heavy atom. The van der Waals surface area contributed by atoms with Crippen molar-refractivity contribution in [1.82, 2.24) is 15.5 Å². The predicted molar refractivity (Wildman–Crippen MR) is 96.1 cm³/mol. The Bertz CT molecular complexity index is 787. The summed E-state index contributed by atoms with van der Waals surface area (Å²) in [5.41, 5.74) is 0.809. The summed E-state index contributed by atoms with van der Waals surface area (Å²) < 4.78 is 10.6. The zero-order valence-electron chi connectivity index (χ0n) is 15.2. The van der Waals surface area contributed by atoms with E-state index in [1.807, 2.05) is 31.2 Å². The first-order chi connectivity index (χ1) is 13.0. The van der Waals surface area contributed by atoms with Gasteiger partial charge in [-0.25, -0.2) is 0 Å². The van der Waals surface area contributed by atoms with Crippen molar-refractivity contribution in [3.05, 3.63) is 30.2 Å². The van der Waals surface area contributed by atoms with Crippen molar-refractivity contribution in [3.8, 4) is 17.1 Å². The topological polar surface area (TPSA) is 115 Å². The summed E-state index contributed by atoms with van der Waals surface area (Å²) in [5.74, 6) is 0.352. The van der Waals surface area contributed by atoms with Gasteiger partial charge in [0.25, 0.3) is 0 Å². The number of carbonyl (C=O) groups is 2. The number of amides is 1. The van der Waals surface area contributed by atoms with Crippen LogP contribution in [-0.4, -0.2) is 39.8 Å². The predicted octanol–water partition coefficient (Wildman–Crippen LogP) is 2.44. The van der Waals surface area contributed by atoms with Crippen molar-refractivity contribution in [3.63, 3.8) is 0 Å². The van der Waals surface area contributed by atoms with Crippen molar-refractivity contribution >= 4 is 11.9 Å². The maximum absolute atomic E-state index is 12.1. The molecule has 1 amide bonds. The summed E-state index contributed by atoms with van der Waals surface area (Å²) in [6.07, 6.45) is 2.36. The average molecular weight is 373 g/mol. The van der Waals surface area contributed by atoms with Crippen LogP contribution < -0.4 is 10.1 Å². The minimum Gasteiger partial charge on any atom is -0.494 e. The molecule has 2 atom stereocenters. The van der Waals surface area contributed by atoms with Crippen molar-refractivity contribution in [2.24, 2.45) is 5.92 Å². The fourth-order valence-corrected chi connectivity index (χ4v) is 3.20. The van der Waals surface area contributed by atoms with E-state index in [1.165, 1.54) is 0 Å². The van der Waals surface area contributed by atoms with E-state index in [2.05, 4.69) is 15.5 Å². The number of ether oxygens (including phenoxy) is 1. The number of hydrogen-bond donors (Lipinski definition) is 2. The van der Waals surface area contributed by atoms with Crippen LogP contribution in [0.15, 0.2) is 28.8 Å². The number of aromatic nitrogens is 2. The molecule has 1 fully saturated rings. The molecule has 0 unspecified atom stereocenters. The Morgan fingerprint density at radius 1 is 1.30 bits per heavy atom. The quantitative estimate of drug-likeness (QED) is 0.730. The summed E-state index contributed by atoms with van der Waals surface area (Å²) in [4.78, 5) is 27.3. The largest absolute Gasteiger partial charge is 0.494 e. The second-order valence-electron chi connectivity index (χ2n) is 6.58. The molecule has 1 aliphatic carbocycles. The van der Waals surface area contributed by atoms with E-state index in [9.17, 15) is 9.59 Å². The van der Waals surface area contributed by atoms with Crippen LogP contribution in [0.1, 0.15) is 38.5 Å². The highest BCUT2D eigenvalue weighted by Crippen LogP contribution is 2.25. The number of hydrogen-bond acceptors (Lipinski definition) is 6. The van der Waals surface area contributed by atoms with Crippen LogP contribution in [0, 0.1) is 5.92 Å². The molecule has 1 aliphatic rings. The lowest BCUT2D eigenvalue weighted by molar-refractivity contribution is -0.141. The molecule has 1 aromatic heterocycles. The highest BCUT2D eigenvalue weighted by molar-refractivity contribution is 5.77. The first kappa shape index (κ1) is 18.9. The normalized spacial score (nSPS) is 19.0. The van der Waals surface area contributed by atoms with Gasteiger partial charge in [-0.15, -0.1) is 0 Å². The van der Waals surface area contributed by atoms with Gasteiger partial charge in [-0.2, -0.15) is 4.98 Å². The highest BCUT2D eigenvalue weighted by atomic mass is 16.5. The van der Waals surface area contributed by atoms with Gasteiger partial charge in [-0.1, -0.05) is 5.16 Å². The summed E-state index contributed by atoms with van der Waals surface area (Å²) >= 11 is 0. The van der Waals surface area contributed by atoms with Gasteiger partial charge < -0.3 is 19.7 Å². The van der Waals surface area contributed by atoms with Crippen LogP contribution >= 0.6 is 0 Å². The number of benzene rings is 1. The van der Waals surface area contributed by atoms with Crippen LogP contribution in [0.25, 0.3) is 11.4 Å². The zero-order valence-corrected chi connectivity index (χ0v) is 15.2. The third-order valence-corrected chi connectivity index (χ3v) is 4.60. The molecular formula is C19H23N3O5. The van der Waals surface area contributed by atoms with Crippen molar-refractivity contribution in [2.75, 3.05) is 6.61 Å². The molecule has 1 heterocycles. The summed E-state index contributed by atoms with van der Waals surface area (Å²) in [7, 11) is 0. The Labute approximate surface area is 156 Å². The molecule has 0 aliphatic heterocycles. The third kappa shape index (κ3) is 5.06. The smallest absolute Gasteiger partial charge is 0.306 e. The standard InChI is InChI=1S/C19H23N3O5/c1-2-26-15-7-4-12(5-8-15)18-21-17(27-22-18)10-9-16(23)20-14-6-3-13(11-14)19(24)25/h4-5,7-8,13-14H,2-3,6,9-11H2,1H3,(H,20,23)(H,24,25)/t13-,14+/m1/s1. The first-order valence-corrected chi connectivity index (χ1v) is 9.13. The van der Waals surface area contributed by atoms with Gasteiger partial charge >= 0.3 is 5.97 Å². The molecule has 1 saturated carbocycles. The molecule has 2 aromatic rings. The molecule has 2 N–H and O–H groups in total. The summed E-state index contributed by atoms with van der Waals surface area (Å²) in [6.45, 7) is 2.53. The second kappa shape index (κ2) is 8.66. The van der Waals surface area contributed by atoms with Crippen LogP contribution in [-0.2, 0) is 16.0 Å². The van der Waals surface area contributed by atoms with E-state index in [4.69, 9.17) is 14.4 Å². The Hall–Kier alpha value is -2.90. The molecule has 8 nitrogen and oxygen atoms in total. The lowest BCUT2D eigenvalue weighted by Gasteiger charge is -2.11. The molecule has 27 heavy (non-hydrogen) atoms. The molecule has 0 bridgehead atoms. The van der Waals surface area contributed by atoms with Gasteiger partial charge in [0.1, 0.15) is 5.75 Å². The van der Waals surface area contributed by atoms with Gasteiger partial charge in [0.2, 0.25) is 17.6 Å². The molecule has 0 spiro atoms. The maximum atomic E-state index is 12.1. The SMILES string of the molecule is CCOc1ccc(-c2noc(CCC(=O)N[C@H]3CC[C@@H](C(=O)O)C3)n2)cc1. The van der Waals surface area contributed by atoms with E-state index in [0.29, 0.717) is 44.0 Å². The molecular weight excluding hydrogens is 350 g/mol. The van der Waals surface area contributed by atoms with Gasteiger partial charge in [0, 0.05) is 24.4 Å². The molecule has 1 aromatic carbocycles. The number of rotatable bonds is 8. The number of carboxylic acid groups (broad SMARTS) is 1. The highest BCUT2D eigenvalue weighted by Gasteiger charge is 2.30. The fraction of sp³-hybridized carbons (Fsp3) is 0.474. The first-order valence-electron chi connectivity index (χ1n) is 9.13. The Morgan fingerprint density at radius 2 is 2.07 bits per heavy atom. The van der Waals surface area contributed by atoms with Gasteiger partial charge in [-0.05, 0) is 50.5 Å². The number of carboxylic acids is 1. The van der Waals surface area contributed by atoms with Gasteiger partial charge in [0.05, 0.1) is 12.5 Å². The number of aryl methyl sites for hydroxylation is 1. The molecule has 0 saturated heterocycles. The Balaban J connectivity index is 1.48. The molecule has 144 valence electrons. The van der Waals surface area contributed by atoms with Crippen LogP contribution in [0.5, 0.6) is 5.75 Å². The van der Waals surface area contributed by atoms with E-state index in [1.54, 1.807) is 0 Å². The number of nitrogens with one attached hydrogen (secondary N) is 1. The van der Waals surface area contributed by atoms with Crippen molar-refractivity contribution in [1.29, 1.82) is 0 Å². The van der Waals surface area contributed by atoms with Gasteiger partial charge in [0.15, 0.2) is 0 Å². The lowest BCUT2D eigenvalue weighted by Crippen LogP contribution is -2.33. The average Bonchev–Trinajstić information content (AvgIpc) is 3.30. The van der Waals surface area contributed by atoms with E-state index in [-0.39, 0.29) is 24.3 Å². The Kier molecular flexibility index (Phi) is 6.05. The molecule has 3 rings (SSSR count). The minimum atomic E-state index is -0.792. The molecule has 0 radical (unpaired) electrons. The van der Waals surface area contributed by atoms with Crippen LogP contribution in [0.2, 0.25) is 0 Å². The van der Waals surface area contributed by atoms with Crippen molar-refractivity contribution < 1.29 is 24.0 Å². The van der Waals surface area contributed by atoms with E-state index >= 15 is 0 Å². The number of nitrogens with zero attached hydrogens (tertiary/aromatic N) is 2. The van der Waals surface area contributed by atoms with Gasteiger partial charge in [-0.3, -0.25) is 9.59 Å². The minimum absolute atomic E-state index is 0.0688. The van der Waals surface area contributed by atoms with E-state index in [0.717, 1.165) is 11.3 Å². The monoisotopic (exact) mass is 373 g/mol. The third-order valence-electron chi connectivity index (χ3n) is 4.60. The van der Waals surface area contributed by atoms with Crippen molar-refractivity contribution in [2.45, 2.75) is 45.1 Å². The number of carbonyl (C=O) groups excluding carboxylic acids is 1. The fourth-order valence-electron chi connectivity index (χ4n) is 3.20. The number of aliphatic carboxylic acids is 1. The maximum Gasteiger partial charge on any atom is 0.306 e. The summed E-state index contributed by atoms with van der Waals surface area (Å²) in [6, 6.07) is 7.32. The van der Waals surface area contributed by atoms with Crippen LogP contribution in [0.3, 0.4) is 0 Å². The van der Waals surface area contributed by atoms with E-state index < -0.39 is 5.97 Å². The summed E-state index contributed by atoms with van der Waals surface area (Å²) in [5, 5.41) is 15.8. The lowest BCUT2D eigenvalue weighted by atomic mass is 10.1.